The number of aliphatic hydroxyl groups excluding tert-OH is 1. The van der Waals surface area contributed by atoms with Gasteiger partial charge in [0.25, 0.3) is 5.91 Å². The second-order valence-electron chi connectivity index (χ2n) is 4.10. The van der Waals surface area contributed by atoms with Crippen LogP contribution in [0, 0.1) is 0 Å². The van der Waals surface area contributed by atoms with Gasteiger partial charge in [0, 0.05) is 19.3 Å². The van der Waals surface area contributed by atoms with Crippen molar-refractivity contribution in [3.8, 4) is 0 Å². The summed E-state index contributed by atoms with van der Waals surface area (Å²) in [6.07, 6.45) is 3.81. The van der Waals surface area contributed by atoms with E-state index in [1.54, 1.807) is 20.0 Å². The van der Waals surface area contributed by atoms with Crippen molar-refractivity contribution in [1.82, 2.24) is 9.88 Å². The van der Waals surface area contributed by atoms with Crippen molar-refractivity contribution in [2.45, 2.75) is 13.0 Å². The highest BCUT2D eigenvalue weighted by Crippen LogP contribution is 2.07. The largest absolute Gasteiger partial charge is 0.478 e. The lowest BCUT2D eigenvalue weighted by molar-refractivity contribution is -0.131. The SMILES string of the molecule is CC(CO)N(C)C(=O)c1ccc(/C=C/C(=O)O)cn1. The van der Waals surface area contributed by atoms with Crippen LogP contribution in [-0.2, 0) is 4.79 Å². The molecule has 1 unspecified atom stereocenters. The number of carboxylic acids is 1. The molecule has 0 aliphatic carbocycles. The average molecular weight is 264 g/mol. The number of rotatable bonds is 5. The molecule has 0 fully saturated rings. The topological polar surface area (TPSA) is 90.7 Å². The molecule has 0 aliphatic rings. The smallest absolute Gasteiger partial charge is 0.328 e. The van der Waals surface area contributed by atoms with Gasteiger partial charge < -0.3 is 15.1 Å². The normalized spacial score (nSPS) is 12.4. The molecule has 0 radical (unpaired) electrons. The highest BCUT2D eigenvalue weighted by molar-refractivity contribution is 5.92. The minimum absolute atomic E-state index is 0.123. The summed E-state index contributed by atoms with van der Waals surface area (Å²) in [5, 5.41) is 17.5. The Bertz CT molecular complexity index is 482. The van der Waals surface area contributed by atoms with Gasteiger partial charge in [-0.25, -0.2) is 4.79 Å². The Morgan fingerprint density at radius 2 is 2.16 bits per heavy atom. The predicted octanol–water partition coefficient (Wildman–Crippen LogP) is 0.632. The summed E-state index contributed by atoms with van der Waals surface area (Å²) in [5.74, 6) is -1.34. The van der Waals surface area contributed by atoms with Gasteiger partial charge in [-0.3, -0.25) is 9.78 Å². The number of carbonyl (C=O) groups is 2. The Kier molecular flexibility index (Phi) is 5.20. The summed E-state index contributed by atoms with van der Waals surface area (Å²) in [4.78, 5) is 27.7. The van der Waals surface area contributed by atoms with Gasteiger partial charge >= 0.3 is 5.97 Å². The summed E-state index contributed by atoms with van der Waals surface area (Å²) in [5.41, 5.74) is 0.840. The van der Waals surface area contributed by atoms with E-state index in [9.17, 15) is 9.59 Å². The fraction of sp³-hybridized carbons (Fsp3) is 0.308. The summed E-state index contributed by atoms with van der Waals surface area (Å²) in [6.45, 7) is 1.60. The third-order valence-corrected chi connectivity index (χ3v) is 2.67. The molecule has 2 N–H and O–H groups in total. The van der Waals surface area contributed by atoms with E-state index in [2.05, 4.69) is 4.98 Å². The van der Waals surface area contributed by atoms with Crippen LogP contribution in [0.5, 0.6) is 0 Å². The maximum absolute atomic E-state index is 12.0. The fourth-order valence-electron chi connectivity index (χ4n) is 1.30. The van der Waals surface area contributed by atoms with E-state index in [0.29, 0.717) is 5.56 Å². The minimum Gasteiger partial charge on any atom is -0.478 e. The van der Waals surface area contributed by atoms with Crippen LogP contribution < -0.4 is 0 Å². The lowest BCUT2D eigenvalue weighted by Crippen LogP contribution is -2.37. The van der Waals surface area contributed by atoms with Crippen LogP contribution in [0.15, 0.2) is 24.4 Å². The lowest BCUT2D eigenvalue weighted by Gasteiger charge is -2.22. The van der Waals surface area contributed by atoms with Crippen molar-refractivity contribution < 1.29 is 19.8 Å². The number of pyridine rings is 1. The van der Waals surface area contributed by atoms with Gasteiger partial charge in [-0.1, -0.05) is 6.07 Å². The number of nitrogens with zero attached hydrogens (tertiary/aromatic N) is 2. The number of likely N-dealkylation sites (N-methyl/N-ethyl adjacent to an activating group) is 1. The molecule has 0 bridgehead atoms. The highest BCUT2D eigenvalue weighted by Gasteiger charge is 2.17. The molecule has 0 saturated heterocycles. The minimum atomic E-state index is -1.04. The molecule has 1 rings (SSSR count). The molecule has 1 amide bonds. The van der Waals surface area contributed by atoms with E-state index in [1.807, 2.05) is 0 Å². The predicted molar refractivity (Wildman–Crippen MR) is 69.5 cm³/mol. The van der Waals surface area contributed by atoms with E-state index in [0.717, 1.165) is 6.08 Å². The van der Waals surface area contributed by atoms with Gasteiger partial charge in [-0.05, 0) is 24.6 Å². The van der Waals surface area contributed by atoms with E-state index >= 15 is 0 Å². The van der Waals surface area contributed by atoms with Crippen LogP contribution in [0.25, 0.3) is 6.08 Å². The molecule has 6 heteroatoms. The summed E-state index contributed by atoms with van der Waals surface area (Å²) in [6, 6.07) is 2.84. The van der Waals surface area contributed by atoms with Crippen LogP contribution >= 0.6 is 0 Å². The number of carbonyl (C=O) groups excluding carboxylic acids is 1. The summed E-state index contributed by atoms with van der Waals surface area (Å²) < 4.78 is 0. The molecule has 1 heterocycles. The van der Waals surface area contributed by atoms with Crippen molar-refractivity contribution in [1.29, 1.82) is 0 Å². The molecule has 1 aromatic heterocycles. The van der Waals surface area contributed by atoms with Crippen molar-refractivity contribution in [3.63, 3.8) is 0 Å². The van der Waals surface area contributed by atoms with E-state index in [1.165, 1.54) is 23.2 Å². The first-order valence-electron chi connectivity index (χ1n) is 5.70. The van der Waals surface area contributed by atoms with Crippen molar-refractivity contribution in [2.24, 2.45) is 0 Å². The van der Waals surface area contributed by atoms with Crippen LogP contribution in [0.4, 0.5) is 0 Å². The third-order valence-electron chi connectivity index (χ3n) is 2.67. The van der Waals surface area contributed by atoms with Gasteiger partial charge in [0.2, 0.25) is 0 Å². The summed E-state index contributed by atoms with van der Waals surface area (Å²) >= 11 is 0. The molecule has 1 atom stereocenters. The Labute approximate surface area is 111 Å². The quantitative estimate of drug-likeness (QED) is 0.761. The Morgan fingerprint density at radius 1 is 1.47 bits per heavy atom. The van der Waals surface area contributed by atoms with Crippen molar-refractivity contribution in [2.75, 3.05) is 13.7 Å². The molecule has 0 aliphatic heterocycles. The number of amides is 1. The van der Waals surface area contributed by atoms with Crippen LogP contribution in [-0.4, -0.2) is 51.7 Å². The van der Waals surface area contributed by atoms with Crippen molar-refractivity contribution in [3.05, 3.63) is 35.7 Å². The maximum atomic E-state index is 12.0. The second-order valence-corrected chi connectivity index (χ2v) is 4.10. The third kappa shape index (κ3) is 4.18. The first-order chi connectivity index (χ1) is 8.95. The molecule has 0 saturated carbocycles. The maximum Gasteiger partial charge on any atom is 0.328 e. The zero-order valence-electron chi connectivity index (χ0n) is 10.8. The number of aliphatic hydroxyl groups is 1. The standard InChI is InChI=1S/C13H16N2O4/c1-9(8-16)15(2)13(19)11-5-3-10(7-14-11)4-6-12(17)18/h3-7,9,16H,8H2,1-2H3,(H,17,18)/b6-4+. The molecule has 0 spiro atoms. The monoisotopic (exact) mass is 264 g/mol. The fourth-order valence-corrected chi connectivity index (χ4v) is 1.30. The average Bonchev–Trinajstić information content (AvgIpc) is 2.43. The number of aliphatic carboxylic acids is 1. The molecular weight excluding hydrogens is 248 g/mol. The number of aromatic nitrogens is 1. The first-order valence-corrected chi connectivity index (χ1v) is 5.70. The molecule has 19 heavy (non-hydrogen) atoms. The number of hydrogen-bond donors (Lipinski definition) is 2. The van der Waals surface area contributed by atoms with Gasteiger partial charge in [0.1, 0.15) is 5.69 Å². The zero-order chi connectivity index (χ0) is 14.4. The Balaban J connectivity index is 2.81. The van der Waals surface area contributed by atoms with Crippen LogP contribution in [0.3, 0.4) is 0 Å². The first kappa shape index (κ1) is 14.8. The van der Waals surface area contributed by atoms with Gasteiger partial charge in [0.05, 0.1) is 12.6 Å². The van der Waals surface area contributed by atoms with Gasteiger partial charge in [0.15, 0.2) is 0 Å². The molecular formula is C13H16N2O4. The second kappa shape index (κ2) is 6.65. The Morgan fingerprint density at radius 3 is 2.63 bits per heavy atom. The number of carboxylic acid groups (broad SMARTS) is 1. The lowest BCUT2D eigenvalue weighted by atomic mass is 10.2. The van der Waals surface area contributed by atoms with E-state index < -0.39 is 5.97 Å². The van der Waals surface area contributed by atoms with E-state index in [-0.39, 0.29) is 24.2 Å². The van der Waals surface area contributed by atoms with Crippen LogP contribution in [0.2, 0.25) is 0 Å². The number of hydrogen-bond acceptors (Lipinski definition) is 4. The zero-order valence-corrected chi connectivity index (χ0v) is 10.8. The van der Waals surface area contributed by atoms with E-state index in [4.69, 9.17) is 10.2 Å². The summed E-state index contributed by atoms with van der Waals surface area (Å²) in [7, 11) is 1.59. The van der Waals surface area contributed by atoms with Gasteiger partial charge in [-0.2, -0.15) is 0 Å². The Hall–Kier alpha value is -2.21. The highest BCUT2D eigenvalue weighted by atomic mass is 16.4. The van der Waals surface area contributed by atoms with Crippen molar-refractivity contribution >= 4 is 18.0 Å². The van der Waals surface area contributed by atoms with Crippen LogP contribution in [0.1, 0.15) is 23.0 Å². The molecule has 0 aromatic carbocycles. The molecule has 1 aromatic rings. The molecule has 6 nitrogen and oxygen atoms in total. The van der Waals surface area contributed by atoms with Gasteiger partial charge in [-0.15, -0.1) is 0 Å². The molecule has 102 valence electrons.